The monoisotopic (exact) mass is 238 g/mol. The molecule has 1 atom stereocenters. The summed E-state index contributed by atoms with van der Waals surface area (Å²) in [6, 6.07) is 0.857. The molecule has 2 heteroatoms. The molecule has 0 aromatic heterocycles. The van der Waals surface area contributed by atoms with Crippen LogP contribution < -0.4 is 5.73 Å². The van der Waals surface area contributed by atoms with Crippen molar-refractivity contribution in [2.75, 3.05) is 13.1 Å². The molecule has 2 rings (SSSR count). The molecule has 2 aliphatic carbocycles. The highest BCUT2D eigenvalue weighted by Gasteiger charge is 2.41. The van der Waals surface area contributed by atoms with Gasteiger partial charge in [-0.1, -0.05) is 32.6 Å². The molecule has 2 fully saturated rings. The van der Waals surface area contributed by atoms with Crippen LogP contribution in [0.4, 0.5) is 0 Å². The van der Waals surface area contributed by atoms with E-state index in [1.165, 1.54) is 57.9 Å². The predicted octanol–water partition coefficient (Wildman–Crippen LogP) is 3.16. The molecule has 0 aromatic rings. The molecule has 0 spiro atoms. The highest BCUT2D eigenvalue weighted by molar-refractivity contribution is 4.98. The van der Waals surface area contributed by atoms with E-state index in [2.05, 4.69) is 18.7 Å². The first kappa shape index (κ1) is 13.4. The Morgan fingerprint density at radius 2 is 1.94 bits per heavy atom. The van der Waals surface area contributed by atoms with E-state index in [0.29, 0.717) is 0 Å². The lowest BCUT2D eigenvalue weighted by atomic mass is 9.75. The first-order valence-corrected chi connectivity index (χ1v) is 7.66. The average Bonchev–Trinajstić information content (AvgIpc) is 3.08. The Bertz CT molecular complexity index is 233. The Kier molecular flexibility index (Phi) is 4.48. The van der Waals surface area contributed by atoms with Gasteiger partial charge in [0, 0.05) is 18.1 Å². The topological polar surface area (TPSA) is 29.3 Å². The maximum absolute atomic E-state index is 6.13. The lowest BCUT2D eigenvalue weighted by Crippen LogP contribution is -2.54. The number of nitrogens with two attached hydrogens (primary N) is 1. The van der Waals surface area contributed by atoms with Crippen LogP contribution in [0.5, 0.6) is 0 Å². The fourth-order valence-corrected chi connectivity index (χ4v) is 3.24. The second-order valence-corrected chi connectivity index (χ2v) is 6.48. The van der Waals surface area contributed by atoms with Crippen molar-refractivity contribution in [1.82, 2.24) is 4.90 Å². The Balaban J connectivity index is 1.94. The van der Waals surface area contributed by atoms with Crippen LogP contribution in [-0.4, -0.2) is 29.6 Å². The molecule has 0 aromatic carbocycles. The normalized spacial score (nSPS) is 24.7. The van der Waals surface area contributed by atoms with Crippen LogP contribution >= 0.6 is 0 Å². The molecule has 0 radical (unpaired) electrons. The number of hydrogen-bond acceptors (Lipinski definition) is 2. The molecule has 0 aliphatic heterocycles. The quantitative estimate of drug-likeness (QED) is 0.704. The Morgan fingerprint density at radius 3 is 2.35 bits per heavy atom. The molecule has 100 valence electrons. The highest BCUT2D eigenvalue weighted by atomic mass is 15.2. The van der Waals surface area contributed by atoms with E-state index in [1.54, 1.807) is 0 Å². The van der Waals surface area contributed by atoms with Crippen molar-refractivity contribution in [1.29, 1.82) is 0 Å². The summed E-state index contributed by atoms with van der Waals surface area (Å²) in [6.07, 6.45) is 11.1. The van der Waals surface area contributed by atoms with E-state index in [-0.39, 0.29) is 5.54 Å². The summed E-state index contributed by atoms with van der Waals surface area (Å²) in [7, 11) is 0. The van der Waals surface area contributed by atoms with Crippen LogP contribution in [0.2, 0.25) is 0 Å². The molecule has 0 bridgehead atoms. The summed E-state index contributed by atoms with van der Waals surface area (Å²) in [4.78, 5) is 2.76. The summed E-state index contributed by atoms with van der Waals surface area (Å²) in [6.45, 7) is 6.81. The lowest BCUT2D eigenvalue weighted by Gasteiger charge is -2.45. The zero-order chi connectivity index (χ0) is 12.3. The van der Waals surface area contributed by atoms with Gasteiger partial charge in [-0.15, -0.1) is 0 Å². The molecule has 2 saturated carbocycles. The van der Waals surface area contributed by atoms with Crippen molar-refractivity contribution in [3.8, 4) is 0 Å². The molecule has 1 unspecified atom stereocenters. The second kappa shape index (κ2) is 5.71. The Hall–Kier alpha value is -0.0800. The molecule has 2 N–H and O–H groups in total. The Labute approximate surface area is 107 Å². The van der Waals surface area contributed by atoms with Gasteiger partial charge in [-0.2, -0.15) is 0 Å². The van der Waals surface area contributed by atoms with E-state index in [4.69, 9.17) is 5.73 Å². The standard InChI is InChI=1S/C15H30N2/c1-3-4-10-17(14-8-9-14)15(2,12-16)11-13-6-5-7-13/h13-14H,3-12,16H2,1-2H3. The summed E-state index contributed by atoms with van der Waals surface area (Å²) in [5, 5.41) is 0. The third-order valence-electron chi connectivity index (χ3n) is 4.83. The van der Waals surface area contributed by atoms with Crippen LogP contribution in [0.15, 0.2) is 0 Å². The van der Waals surface area contributed by atoms with E-state index in [0.717, 1.165) is 18.5 Å². The summed E-state index contributed by atoms with van der Waals surface area (Å²) < 4.78 is 0. The average molecular weight is 238 g/mol. The molecule has 2 aliphatic rings. The minimum atomic E-state index is 0.279. The van der Waals surface area contributed by atoms with Crippen LogP contribution in [0.1, 0.15) is 65.2 Å². The summed E-state index contributed by atoms with van der Waals surface area (Å²) in [5.41, 5.74) is 6.41. The predicted molar refractivity (Wildman–Crippen MR) is 74.1 cm³/mol. The van der Waals surface area contributed by atoms with Crippen molar-refractivity contribution >= 4 is 0 Å². The number of hydrogen-bond donors (Lipinski definition) is 1. The van der Waals surface area contributed by atoms with Gasteiger partial charge < -0.3 is 5.73 Å². The zero-order valence-corrected chi connectivity index (χ0v) is 11.8. The second-order valence-electron chi connectivity index (χ2n) is 6.48. The zero-order valence-electron chi connectivity index (χ0n) is 11.8. The number of rotatable bonds is 8. The van der Waals surface area contributed by atoms with Gasteiger partial charge in [0.1, 0.15) is 0 Å². The highest BCUT2D eigenvalue weighted by Crippen LogP contribution is 2.40. The summed E-state index contributed by atoms with van der Waals surface area (Å²) in [5.74, 6) is 0.964. The van der Waals surface area contributed by atoms with Gasteiger partial charge in [0.2, 0.25) is 0 Å². The first-order valence-electron chi connectivity index (χ1n) is 7.66. The maximum atomic E-state index is 6.13. The van der Waals surface area contributed by atoms with Gasteiger partial charge in [0.05, 0.1) is 0 Å². The van der Waals surface area contributed by atoms with Crippen LogP contribution in [0.25, 0.3) is 0 Å². The van der Waals surface area contributed by atoms with Crippen LogP contribution in [0.3, 0.4) is 0 Å². The summed E-state index contributed by atoms with van der Waals surface area (Å²) >= 11 is 0. The van der Waals surface area contributed by atoms with Crippen LogP contribution in [0, 0.1) is 5.92 Å². The van der Waals surface area contributed by atoms with Crippen molar-refractivity contribution in [3.05, 3.63) is 0 Å². The third kappa shape index (κ3) is 3.23. The van der Waals surface area contributed by atoms with Gasteiger partial charge >= 0.3 is 0 Å². The van der Waals surface area contributed by atoms with E-state index < -0.39 is 0 Å². The molecule has 0 amide bonds. The molecule has 0 heterocycles. The van der Waals surface area contributed by atoms with E-state index in [1.807, 2.05) is 0 Å². The fraction of sp³-hybridized carbons (Fsp3) is 1.00. The fourth-order valence-electron chi connectivity index (χ4n) is 3.24. The largest absolute Gasteiger partial charge is 0.329 e. The number of unbranched alkanes of at least 4 members (excludes halogenated alkanes) is 1. The third-order valence-corrected chi connectivity index (χ3v) is 4.83. The SMILES string of the molecule is CCCCN(C1CC1)C(C)(CN)CC1CCC1. The van der Waals surface area contributed by atoms with Gasteiger partial charge in [0.25, 0.3) is 0 Å². The molecule has 0 saturated heterocycles. The lowest BCUT2D eigenvalue weighted by molar-refractivity contribution is 0.0591. The first-order chi connectivity index (χ1) is 8.19. The minimum absolute atomic E-state index is 0.279. The van der Waals surface area contributed by atoms with Gasteiger partial charge in [-0.3, -0.25) is 4.90 Å². The number of nitrogens with zero attached hydrogens (tertiary/aromatic N) is 1. The van der Waals surface area contributed by atoms with Crippen molar-refractivity contribution in [2.24, 2.45) is 11.7 Å². The molecular weight excluding hydrogens is 208 g/mol. The van der Waals surface area contributed by atoms with Gasteiger partial charge in [-0.25, -0.2) is 0 Å². The van der Waals surface area contributed by atoms with Crippen molar-refractivity contribution < 1.29 is 0 Å². The van der Waals surface area contributed by atoms with Gasteiger partial charge in [0.15, 0.2) is 0 Å². The van der Waals surface area contributed by atoms with E-state index >= 15 is 0 Å². The van der Waals surface area contributed by atoms with E-state index in [9.17, 15) is 0 Å². The van der Waals surface area contributed by atoms with Crippen molar-refractivity contribution in [2.45, 2.75) is 76.8 Å². The maximum Gasteiger partial charge on any atom is 0.0309 e. The molecule has 17 heavy (non-hydrogen) atoms. The van der Waals surface area contributed by atoms with Gasteiger partial charge in [-0.05, 0) is 45.1 Å². The molecular formula is C15H30N2. The Morgan fingerprint density at radius 1 is 1.24 bits per heavy atom. The van der Waals surface area contributed by atoms with Crippen molar-refractivity contribution in [3.63, 3.8) is 0 Å². The smallest absolute Gasteiger partial charge is 0.0309 e. The minimum Gasteiger partial charge on any atom is -0.329 e. The van der Waals surface area contributed by atoms with Crippen LogP contribution in [-0.2, 0) is 0 Å². The molecule has 2 nitrogen and oxygen atoms in total.